The molecular formula is C22H33N3S. The second-order valence-corrected chi connectivity index (χ2v) is 9.39. The van der Waals surface area contributed by atoms with Crippen LogP contribution in [0.15, 0.2) is 29.3 Å². The van der Waals surface area contributed by atoms with E-state index in [0.717, 1.165) is 19.1 Å². The molecule has 0 saturated carbocycles. The summed E-state index contributed by atoms with van der Waals surface area (Å²) in [6, 6.07) is 10.6. The maximum Gasteiger partial charge on any atom is 0.0984 e. The lowest BCUT2D eigenvalue weighted by molar-refractivity contribution is 0.263. The van der Waals surface area contributed by atoms with Crippen LogP contribution in [0, 0.1) is 0 Å². The molecule has 3 aliphatic heterocycles. The molecule has 0 aliphatic carbocycles. The minimum absolute atomic E-state index is 0.526. The molecule has 3 atom stereocenters. The Hall–Kier alpha value is -0.840. The zero-order valence-corrected chi connectivity index (χ0v) is 16.9. The molecular weight excluding hydrogens is 338 g/mol. The third-order valence-electron chi connectivity index (χ3n) is 6.25. The molecule has 2 fully saturated rings. The molecule has 1 aromatic carbocycles. The van der Waals surface area contributed by atoms with E-state index in [1.54, 1.807) is 0 Å². The fraction of sp³-hybridized carbons (Fsp3) is 0.682. The summed E-state index contributed by atoms with van der Waals surface area (Å²) in [6.45, 7) is 7.24. The Labute approximate surface area is 163 Å². The number of likely N-dealkylation sites (tertiary alicyclic amines) is 1. The van der Waals surface area contributed by atoms with E-state index >= 15 is 0 Å². The van der Waals surface area contributed by atoms with Crippen LogP contribution >= 0.6 is 11.8 Å². The monoisotopic (exact) mass is 371 g/mol. The molecule has 4 heteroatoms. The lowest BCUT2D eigenvalue weighted by Crippen LogP contribution is -2.27. The zero-order valence-electron chi connectivity index (χ0n) is 16.1. The number of nitrogens with one attached hydrogen (secondary N) is 1. The van der Waals surface area contributed by atoms with Crippen LogP contribution in [0.2, 0.25) is 0 Å². The van der Waals surface area contributed by atoms with Crippen LogP contribution in [0.5, 0.6) is 0 Å². The number of nitrogens with zero attached hydrogens (tertiary/aromatic N) is 2. The van der Waals surface area contributed by atoms with E-state index in [0.29, 0.717) is 11.3 Å². The lowest BCUT2D eigenvalue weighted by Gasteiger charge is -2.20. The van der Waals surface area contributed by atoms with Crippen LogP contribution in [0.3, 0.4) is 0 Å². The Morgan fingerprint density at radius 3 is 2.77 bits per heavy atom. The van der Waals surface area contributed by atoms with Gasteiger partial charge in [-0.3, -0.25) is 4.99 Å². The first kappa shape index (κ1) is 18.5. The van der Waals surface area contributed by atoms with Gasteiger partial charge in [-0.2, -0.15) is 0 Å². The highest BCUT2D eigenvalue weighted by atomic mass is 32.2. The third kappa shape index (κ3) is 4.52. The molecule has 0 bridgehead atoms. The summed E-state index contributed by atoms with van der Waals surface area (Å²) in [7, 11) is 0. The van der Waals surface area contributed by atoms with Crippen molar-refractivity contribution >= 4 is 16.8 Å². The molecule has 2 saturated heterocycles. The highest BCUT2D eigenvalue weighted by Crippen LogP contribution is 2.34. The van der Waals surface area contributed by atoms with Gasteiger partial charge in [0.25, 0.3) is 0 Å². The Morgan fingerprint density at radius 2 is 1.96 bits per heavy atom. The Morgan fingerprint density at radius 1 is 1.12 bits per heavy atom. The molecule has 3 nitrogen and oxygen atoms in total. The van der Waals surface area contributed by atoms with Crippen LogP contribution in [0.25, 0.3) is 0 Å². The van der Waals surface area contributed by atoms with E-state index in [1.165, 1.54) is 74.2 Å². The molecule has 4 rings (SSSR count). The number of aryl methyl sites for hydroxylation is 1. The minimum atomic E-state index is 0.526. The molecule has 0 spiro atoms. The van der Waals surface area contributed by atoms with E-state index in [-0.39, 0.29) is 0 Å². The highest BCUT2D eigenvalue weighted by Gasteiger charge is 2.31. The normalized spacial score (nSPS) is 29.4. The summed E-state index contributed by atoms with van der Waals surface area (Å²) in [4.78, 5) is 7.69. The van der Waals surface area contributed by atoms with Gasteiger partial charge in [0.2, 0.25) is 0 Å². The molecule has 0 amide bonds. The van der Waals surface area contributed by atoms with Gasteiger partial charge in [-0.25, -0.2) is 0 Å². The van der Waals surface area contributed by atoms with Gasteiger partial charge in [0, 0.05) is 16.9 Å². The van der Waals surface area contributed by atoms with Crippen molar-refractivity contribution in [1.82, 2.24) is 10.2 Å². The van der Waals surface area contributed by atoms with Gasteiger partial charge in [0.1, 0.15) is 0 Å². The number of thioether (sulfide) groups is 1. The van der Waals surface area contributed by atoms with Crippen molar-refractivity contribution in [2.24, 2.45) is 4.99 Å². The van der Waals surface area contributed by atoms with Crippen molar-refractivity contribution in [3.8, 4) is 0 Å². The van der Waals surface area contributed by atoms with Gasteiger partial charge in [-0.15, -0.1) is 11.8 Å². The van der Waals surface area contributed by atoms with Gasteiger partial charge in [0.05, 0.1) is 11.1 Å². The first-order chi connectivity index (χ1) is 12.8. The van der Waals surface area contributed by atoms with E-state index in [1.807, 2.05) is 11.8 Å². The lowest BCUT2D eigenvalue weighted by atomic mass is 10.1. The number of aliphatic imine (C=N–C) groups is 1. The molecule has 3 unspecified atom stereocenters. The Balaban J connectivity index is 1.25. The maximum atomic E-state index is 5.03. The van der Waals surface area contributed by atoms with Crippen molar-refractivity contribution in [3.05, 3.63) is 35.4 Å². The van der Waals surface area contributed by atoms with E-state index in [9.17, 15) is 0 Å². The molecule has 1 N–H and O–H groups in total. The number of benzene rings is 1. The predicted molar refractivity (Wildman–Crippen MR) is 113 cm³/mol. The van der Waals surface area contributed by atoms with Gasteiger partial charge in [0.15, 0.2) is 0 Å². The smallest absolute Gasteiger partial charge is 0.0984 e. The number of unbranched alkanes of at least 4 members (excludes halogenated alkanes) is 1. The number of hydrogen-bond donors (Lipinski definition) is 1. The van der Waals surface area contributed by atoms with E-state index in [4.69, 9.17) is 4.99 Å². The van der Waals surface area contributed by atoms with Crippen LogP contribution in [-0.2, 0) is 6.42 Å². The van der Waals surface area contributed by atoms with Crippen molar-refractivity contribution in [1.29, 1.82) is 0 Å². The summed E-state index contributed by atoms with van der Waals surface area (Å²) < 4.78 is 0. The molecule has 3 aliphatic rings. The fourth-order valence-corrected chi connectivity index (χ4v) is 5.88. The summed E-state index contributed by atoms with van der Waals surface area (Å²) >= 11 is 2.01. The van der Waals surface area contributed by atoms with Crippen LogP contribution in [-0.4, -0.2) is 53.5 Å². The van der Waals surface area contributed by atoms with Crippen LogP contribution in [0.1, 0.15) is 56.6 Å². The highest BCUT2D eigenvalue weighted by molar-refractivity contribution is 8.15. The summed E-state index contributed by atoms with van der Waals surface area (Å²) in [6.07, 6.45) is 9.05. The molecule has 26 heavy (non-hydrogen) atoms. The van der Waals surface area contributed by atoms with Crippen molar-refractivity contribution in [3.63, 3.8) is 0 Å². The quantitative estimate of drug-likeness (QED) is 0.763. The fourth-order valence-electron chi connectivity index (χ4n) is 4.53. The average molecular weight is 372 g/mol. The maximum absolute atomic E-state index is 5.03. The van der Waals surface area contributed by atoms with Crippen LogP contribution < -0.4 is 5.32 Å². The topological polar surface area (TPSA) is 27.6 Å². The average Bonchev–Trinajstić information content (AvgIpc) is 3.19. The summed E-state index contributed by atoms with van der Waals surface area (Å²) in [5.74, 6) is 0. The first-order valence-electron chi connectivity index (χ1n) is 10.6. The van der Waals surface area contributed by atoms with Crippen LogP contribution in [0.4, 0.5) is 0 Å². The zero-order chi connectivity index (χ0) is 17.8. The Kier molecular flexibility index (Phi) is 6.34. The summed E-state index contributed by atoms with van der Waals surface area (Å²) in [5.41, 5.74) is 2.80. The minimum Gasteiger partial charge on any atom is -0.317 e. The third-order valence-corrected chi connectivity index (χ3v) is 7.67. The van der Waals surface area contributed by atoms with Crippen molar-refractivity contribution < 1.29 is 0 Å². The molecule has 0 aromatic heterocycles. The molecule has 1 aromatic rings. The predicted octanol–water partition coefficient (Wildman–Crippen LogP) is 4.11. The van der Waals surface area contributed by atoms with Gasteiger partial charge >= 0.3 is 0 Å². The second-order valence-electron chi connectivity index (χ2n) is 8.17. The molecule has 3 heterocycles. The van der Waals surface area contributed by atoms with Gasteiger partial charge in [-0.05, 0) is 83.6 Å². The molecule has 0 radical (unpaired) electrons. The number of fused-ring (bicyclic) bond motifs is 1. The van der Waals surface area contributed by atoms with E-state index in [2.05, 4.69) is 41.4 Å². The number of rotatable bonds is 6. The van der Waals surface area contributed by atoms with E-state index < -0.39 is 0 Å². The molecule has 142 valence electrons. The van der Waals surface area contributed by atoms with Gasteiger partial charge in [-0.1, -0.05) is 24.3 Å². The van der Waals surface area contributed by atoms with Crippen molar-refractivity contribution in [2.75, 3.05) is 26.2 Å². The SMILES string of the molecule is CC1CCCN1CCCCc1ccc(C2=NC3CCNCCC3S2)cc1. The first-order valence-corrected chi connectivity index (χ1v) is 11.5. The standard InChI is InChI=1S/C22H33N3S/c1-17-5-4-16-25(17)15-3-2-6-18-7-9-19(10-8-18)22-24-20-11-13-23-14-12-21(20)26-22/h7-10,17,20-21,23H,2-6,11-16H2,1H3. The number of hydrogen-bond acceptors (Lipinski definition) is 4. The second kappa shape index (κ2) is 8.90. The Bertz CT molecular complexity index is 612. The van der Waals surface area contributed by atoms with Crippen molar-refractivity contribution in [2.45, 2.75) is 69.2 Å². The largest absolute Gasteiger partial charge is 0.317 e. The summed E-state index contributed by atoms with van der Waals surface area (Å²) in [5, 5.41) is 5.46. The van der Waals surface area contributed by atoms with Gasteiger partial charge < -0.3 is 10.2 Å².